The van der Waals surface area contributed by atoms with Gasteiger partial charge < -0.3 is 10.2 Å². The lowest BCUT2D eigenvalue weighted by molar-refractivity contribution is -0.120. The van der Waals surface area contributed by atoms with Crippen molar-refractivity contribution >= 4 is 15.9 Å². The first-order chi connectivity index (χ1) is 12.0. The van der Waals surface area contributed by atoms with E-state index in [4.69, 9.17) is 0 Å². The van der Waals surface area contributed by atoms with Crippen molar-refractivity contribution in [3.05, 3.63) is 30.1 Å². The van der Waals surface area contributed by atoms with Gasteiger partial charge in [0.25, 0.3) is 0 Å². The highest BCUT2D eigenvalue weighted by Gasteiger charge is 2.14. The third-order valence-electron chi connectivity index (χ3n) is 4.19. The highest BCUT2D eigenvalue weighted by molar-refractivity contribution is 7.89. The van der Waals surface area contributed by atoms with Gasteiger partial charge in [0.2, 0.25) is 15.9 Å². The van der Waals surface area contributed by atoms with Crippen LogP contribution in [0.3, 0.4) is 0 Å². The van der Waals surface area contributed by atoms with E-state index >= 15 is 0 Å². The molecule has 6 nitrogen and oxygen atoms in total. The minimum absolute atomic E-state index is 0.0116. The van der Waals surface area contributed by atoms with Crippen LogP contribution in [0.2, 0.25) is 0 Å². The van der Waals surface area contributed by atoms with E-state index in [1.165, 1.54) is 31.4 Å². The summed E-state index contributed by atoms with van der Waals surface area (Å²) in [6.07, 6.45) is 4.78. The molecule has 1 fully saturated rings. The summed E-state index contributed by atoms with van der Waals surface area (Å²) in [5.74, 6) is -0.677. The predicted molar refractivity (Wildman–Crippen MR) is 94.1 cm³/mol. The van der Waals surface area contributed by atoms with Gasteiger partial charge in [-0.15, -0.1) is 0 Å². The predicted octanol–water partition coefficient (Wildman–Crippen LogP) is 1.49. The van der Waals surface area contributed by atoms with Crippen molar-refractivity contribution in [3.8, 4) is 0 Å². The maximum Gasteiger partial charge on any atom is 0.240 e. The smallest absolute Gasteiger partial charge is 0.240 e. The first kappa shape index (κ1) is 19.8. The van der Waals surface area contributed by atoms with Crippen LogP contribution in [0, 0.1) is 5.82 Å². The molecular weight excluding hydrogens is 345 g/mol. The average Bonchev–Trinajstić information content (AvgIpc) is 2.60. The SMILES string of the molecule is O=C(CCNS(=O)(=O)c1ccc(F)cc1)NCCCN1CCCCC1. The molecule has 0 aromatic heterocycles. The molecule has 2 rings (SSSR count). The summed E-state index contributed by atoms with van der Waals surface area (Å²) in [5, 5.41) is 2.81. The van der Waals surface area contributed by atoms with Crippen LogP contribution in [0.15, 0.2) is 29.2 Å². The van der Waals surface area contributed by atoms with Crippen molar-refractivity contribution in [2.75, 3.05) is 32.7 Å². The molecule has 2 N–H and O–H groups in total. The number of hydrogen-bond acceptors (Lipinski definition) is 4. The highest BCUT2D eigenvalue weighted by atomic mass is 32.2. The van der Waals surface area contributed by atoms with Gasteiger partial charge in [-0.05, 0) is 63.2 Å². The van der Waals surface area contributed by atoms with Crippen molar-refractivity contribution < 1.29 is 17.6 Å². The molecule has 0 saturated carbocycles. The largest absolute Gasteiger partial charge is 0.356 e. The number of carbonyl (C=O) groups excluding carboxylic acids is 1. The van der Waals surface area contributed by atoms with Gasteiger partial charge in [-0.3, -0.25) is 4.79 Å². The number of hydrogen-bond donors (Lipinski definition) is 2. The molecule has 1 heterocycles. The highest BCUT2D eigenvalue weighted by Crippen LogP contribution is 2.09. The molecule has 1 aromatic rings. The van der Waals surface area contributed by atoms with E-state index in [1.807, 2.05) is 0 Å². The lowest BCUT2D eigenvalue weighted by Gasteiger charge is -2.26. The normalized spacial score (nSPS) is 15.9. The number of sulfonamides is 1. The third-order valence-corrected chi connectivity index (χ3v) is 5.67. The number of nitrogens with one attached hydrogen (secondary N) is 2. The van der Waals surface area contributed by atoms with Crippen molar-refractivity contribution in [1.82, 2.24) is 14.9 Å². The van der Waals surface area contributed by atoms with E-state index < -0.39 is 15.8 Å². The summed E-state index contributed by atoms with van der Waals surface area (Å²) < 4.78 is 39.2. The molecule has 1 aromatic carbocycles. The number of benzene rings is 1. The fraction of sp³-hybridized carbons (Fsp3) is 0.588. The first-order valence-electron chi connectivity index (χ1n) is 8.72. The number of carbonyl (C=O) groups is 1. The fourth-order valence-electron chi connectivity index (χ4n) is 2.80. The summed E-state index contributed by atoms with van der Waals surface area (Å²) in [5.41, 5.74) is 0. The molecule has 0 bridgehead atoms. The first-order valence-corrected chi connectivity index (χ1v) is 10.2. The Morgan fingerprint density at radius 2 is 1.76 bits per heavy atom. The Labute approximate surface area is 148 Å². The van der Waals surface area contributed by atoms with Gasteiger partial charge in [-0.25, -0.2) is 17.5 Å². The number of rotatable bonds is 9. The van der Waals surface area contributed by atoms with E-state index in [-0.39, 0.29) is 23.8 Å². The maximum absolute atomic E-state index is 12.8. The quantitative estimate of drug-likeness (QED) is 0.645. The molecule has 0 spiro atoms. The Kier molecular flexibility index (Phi) is 7.80. The maximum atomic E-state index is 12.8. The Morgan fingerprint density at radius 1 is 1.08 bits per heavy atom. The molecular formula is C17H26FN3O3S. The lowest BCUT2D eigenvalue weighted by atomic mass is 10.1. The average molecular weight is 371 g/mol. The van der Waals surface area contributed by atoms with Crippen LogP contribution in [0.5, 0.6) is 0 Å². The second kappa shape index (κ2) is 9.84. The fourth-order valence-corrected chi connectivity index (χ4v) is 3.83. The molecule has 1 saturated heterocycles. The minimum Gasteiger partial charge on any atom is -0.356 e. The summed E-state index contributed by atoms with van der Waals surface area (Å²) in [6, 6.07) is 4.56. The van der Waals surface area contributed by atoms with Crippen LogP contribution in [-0.4, -0.2) is 51.9 Å². The zero-order valence-electron chi connectivity index (χ0n) is 14.3. The Bertz CT molecular complexity index is 644. The van der Waals surface area contributed by atoms with Crippen molar-refractivity contribution in [2.24, 2.45) is 0 Å². The molecule has 0 aliphatic carbocycles. The molecule has 8 heteroatoms. The lowest BCUT2D eigenvalue weighted by Crippen LogP contribution is -2.34. The van der Waals surface area contributed by atoms with Gasteiger partial charge >= 0.3 is 0 Å². The zero-order valence-corrected chi connectivity index (χ0v) is 15.2. The van der Waals surface area contributed by atoms with Gasteiger partial charge in [0.05, 0.1) is 4.90 Å². The standard InChI is InChI=1S/C17H26FN3O3S/c18-15-5-7-16(8-6-15)25(23,24)20-11-9-17(22)19-10-4-14-21-12-2-1-3-13-21/h5-8,20H,1-4,9-14H2,(H,19,22). The van der Waals surface area contributed by atoms with E-state index in [0.717, 1.165) is 38.2 Å². The van der Waals surface area contributed by atoms with Crippen LogP contribution in [-0.2, 0) is 14.8 Å². The summed E-state index contributed by atoms with van der Waals surface area (Å²) in [4.78, 5) is 14.1. The van der Waals surface area contributed by atoms with Crippen molar-refractivity contribution in [2.45, 2.75) is 37.0 Å². The number of halogens is 1. The second-order valence-electron chi connectivity index (χ2n) is 6.21. The van der Waals surface area contributed by atoms with Crippen LogP contribution in [0.4, 0.5) is 4.39 Å². The summed E-state index contributed by atoms with van der Waals surface area (Å²) >= 11 is 0. The molecule has 1 aliphatic heterocycles. The molecule has 1 amide bonds. The molecule has 0 radical (unpaired) electrons. The summed E-state index contributed by atoms with van der Waals surface area (Å²) in [6.45, 7) is 3.87. The Balaban J connectivity index is 1.60. The molecule has 0 atom stereocenters. The molecule has 1 aliphatic rings. The van der Waals surface area contributed by atoms with Gasteiger partial charge in [0, 0.05) is 19.5 Å². The monoisotopic (exact) mass is 371 g/mol. The number of amides is 1. The van der Waals surface area contributed by atoms with Crippen LogP contribution in [0.25, 0.3) is 0 Å². The molecule has 140 valence electrons. The van der Waals surface area contributed by atoms with Crippen molar-refractivity contribution in [1.29, 1.82) is 0 Å². The number of likely N-dealkylation sites (tertiary alicyclic amines) is 1. The molecule has 25 heavy (non-hydrogen) atoms. The topological polar surface area (TPSA) is 78.5 Å². The van der Waals surface area contributed by atoms with Gasteiger partial charge in [-0.1, -0.05) is 6.42 Å². The molecule has 0 unspecified atom stereocenters. The Morgan fingerprint density at radius 3 is 2.44 bits per heavy atom. The van der Waals surface area contributed by atoms with Gasteiger partial charge in [0.1, 0.15) is 5.82 Å². The minimum atomic E-state index is -3.72. The van der Waals surface area contributed by atoms with Gasteiger partial charge in [-0.2, -0.15) is 0 Å². The zero-order chi connectivity index (χ0) is 18.1. The van der Waals surface area contributed by atoms with Crippen LogP contribution in [0.1, 0.15) is 32.1 Å². The second-order valence-corrected chi connectivity index (χ2v) is 7.97. The van der Waals surface area contributed by atoms with E-state index in [9.17, 15) is 17.6 Å². The number of nitrogens with zero attached hydrogens (tertiary/aromatic N) is 1. The third kappa shape index (κ3) is 7.09. The van der Waals surface area contributed by atoms with Crippen molar-refractivity contribution in [3.63, 3.8) is 0 Å². The van der Waals surface area contributed by atoms with Crippen LogP contribution < -0.4 is 10.0 Å². The van der Waals surface area contributed by atoms with Crippen LogP contribution >= 0.6 is 0 Å². The van der Waals surface area contributed by atoms with Gasteiger partial charge in [0.15, 0.2) is 0 Å². The Hall–Kier alpha value is -1.51. The summed E-state index contributed by atoms with van der Waals surface area (Å²) in [7, 11) is -3.72. The number of piperidine rings is 1. The van der Waals surface area contributed by atoms with E-state index in [0.29, 0.717) is 6.54 Å². The van der Waals surface area contributed by atoms with E-state index in [2.05, 4.69) is 14.9 Å². The van der Waals surface area contributed by atoms with E-state index in [1.54, 1.807) is 0 Å².